The third kappa shape index (κ3) is 3.12. The molecular weight excluding hydrogens is 66.0 g/mol. The van der Waals surface area contributed by atoms with Gasteiger partial charge >= 0.3 is 0 Å². The second kappa shape index (κ2) is 3.12. The van der Waals surface area contributed by atoms with Crippen LogP contribution in [0.2, 0.25) is 0 Å². The first-order valence-corrected chi connectivity index (χ1v) is 1.08. The van der Waals surface area contributed by atoms with Gasteiger partial charge in [0.05, 0.1) is 0 Å². The van der Waals surface area contributed by atoms with E-state index in [-0.39, 0.29) is 0 Å². The molecule has 5 heavy (non-hydrogen) atoms. The zero-order valence-corrected chi connectivity index (χ0v) is 2.64. The molecule has 0 rings (SSSR count). The molecule has 2 heteroatoms. The van der Waals surface area contributed by atoms with Gasteiger partial charge in [0, 0.05) is 0 Å². The molecular formula is C3H3NO. The molecule has 0 N–H and O–H groups in total. The van der Waals surface area contributed by atoms with E-state index < -0.39 is 0 Å². The Morgan fingerprint density at radius 3 is 2.60 bits per heavy atom. The largest absolute Gasteiger partial charge is 0.145 e. The fourth-order valence-corrected chi connectivity index (χ4v) is 0.0373. The lowest BCUT2D eigenvalue weighted by Crippen LogP contribution is -1.26. The van der Waals surface area contributed by atoms with E-state index in [9.17, 15) is 0 Å². The molecule has 0 saturated heterocycles. The third-order valence-corrected chi connectivity index (χ3v) is 0.144. The second-order valence-electron chi connectivity index (χ2n) is 0.439. The van der Waals surface area contributed by atoms with E-state index in [1.807, 2.05) is 0 Å². The SMILES string of the molecule is C=C=CN=O. The first kappa shape index (κ1) is 4.12. The van der Waals surface area contributed by atoms with Crippen molar-refractivity contribution in [1.29, 1.82) is 0 Å². The van der Waals surface area contributed by atoms with Crippen LogP contribution >= 0.6 is 0 Å². The highest BCUT2D eigenvalue weighted by molar-refractivity contribution is 4.70. The minimum Gasteiger partial charge on any atom is -0.145 e. The number of nitrogens with zero attached hydrogens (tertiary/aromatic N) is 1. The van der Waals surface area contributed by atoms with Gasteiger partial charge in [-0.1, -0.05) is 6.58 Å². The second-order valence-corrected chi connectivity index (χ2v) is 0.439. The number of hydrogen-bond acceptors (Lipinski definition) is 2. The van der Waals surface area contributed by atoms with E-state index in [0.29, 0.717) is 0 Å². The molecule has 0 aliphatic carbocycles. The lowest BCUT2D eigenvalue weighted by molar-refractivity contribution is 1.55. The van der Waals surface area contributed by atoms with Crippen molar-refractivity contribution in [1.82, 2.24) is 0 Å². The molecule has 0 heterocycles. The van der Waals surface area contributed by atoms with Gasteiger partial charge in [0.15, 0.2) is 0 Å². The quantitative estimate of drug-likeness (QED) is 0.334. The van der Waals surface area contributed by atoms with Crippen LogP contribution in [0.15, 0.2) is 23.7 Å². The number of nitroso groups, excluding NO2 is 1. The van der Waals surface area contributed by atoms with E-state index in [0.717, 1.165) is 6.20 Å². The summed E-state index contributed by atoms with van der Waals surface area (Å²) in [6.45, 7) is 3.08. The Balaban J connectivity index is 3.31. The average Bonchev–Trinajstić information content (AvgIpc) is 1.41. The Bertz CT molecular complexity index is 71.0. The number of hydrogen-bond donors (Lipinski definition) is 0. The first-order chi connectivity index (χ1) is 2.41. The van der Waals surface area contributed by atoms with Gasteiger partial charge < -0.3 is 0 Å². The van der Waals surface area contributed by atoms with Gasteiger partial charge in [0.2, 0.25) is 0 Å². The van der Waals surface area contributed by atoms with Crippen LogP contribution in [0.5, 0.6) is 0 Å². The van der Waals surface area contributed by atoms with Gasteiger partial charge in [-0.3, -0.25) is 0 Å². The van der Waals surface area contributed by atoms with Crippen LogP contribution < -0.4 is 0 Å². The van der Waals surface area contributed by atoms with Gasteiger partial charge in [-0.2, -0.15) is 0 Å². The van der Waals surface area contributed by atoms with Gasteiger partial charge in [-0.15, -0.1) is 10.6 Å². The molecule has 0 aromatic rings. The Labute approximate surface area is 29.8 Å². The van der Waals surface area contributed by atoms with Crippen molar-refractivity contribution in [3.05, 3.63) is 23.4 Å². The van der Waals surface area contributed by atoms with Crippen LogP contribution in [-0.2, 0) is 0 Å². The maximum absolute atomic E-state index is 9.00. The summed E-state index contributed by atoms with van der Waals surface area (Å²) in [5.41, 5.74) is 2.16. The van der Waals surface area contributed by atoms with Gasteiger partial charge in [0.25, 0.3) is 0 Å². The number of rotatable bonds is 1. The molecule has 0 aliphatic heterocycles. The zero-order valence-electron chi connectivity index (χ0n) is 2.64. The van der Waals surface area contributed by atoms with E-state index in [2.05, 4.69) is 17.5 Å². The highest BCUT2D eigenvalue weighted by Gasteiger charge is 1.42. The van der Waals surface area contributed by atoms with Gasteiger partial charge in [0.1, 0.15) is 6.20 Å². The van der Waals surface area contributed by atoms with Crippen LogP contribution in [0.1, 0.15) is 0 Å². The van der Waals surface area contributed by atoms with E-state index in [1.54, 1.807) is 0 Å². The first-order valence-electron chi connectivity index (χ1n) is 1.08. The van der Waals surface area contributed by atoms with Gasteiger partial charge in [-0.05, 0) is 5.18 Å². The summed E-state index contributed by atoms with van der Waals surface area (Å²) in [5, 5.41) is 2.31. The van der Waals surface area contributed by atoms with Crippen molar-refractivity contribution < 1.29 is 0 Å². The lowest BCUT2D eigenvalue weighted by Gasteiger charge is -1.42. The summed E-state index contributed by atoms with van der Waals surface area (Å²) >= 11 is 0. The fourth-order valence-electron chi connectivity index (χ4n) is 0.0373. The maximum Gasteiger partial charge on any atom is 0.113 e. The maximum atomic E-state index is 9.00. The Morgan fingerprint density at radius 2 is 2.60 bits per heavy atom. The van der Waals surface area contributed by atoms with Crippen LogP contribution in [0, 0.1) is 4.91 Å². The minimum atomic E-state index is 0.958. The topological polar surface area (TPSA) is 29.4 Å². The van der Waals surface area contributed by atoms with Gasteiger partial charge in [-0.25, -0.2) is 0 Å². The van der Waals surface area contributed by atoms with Crippen LogP contribution in [0.4, 0.5) is 0 Å². The molecule has 0 unspecified atom stereocenters. The molecule has 0 spiro atoms. The van der Waals surface area contributed by atoms with Crippen molar-refractivity contribution >= 4 is 0 Å². The molecule has 0 aromatic carbocycles. The van der Waals surface area contributed by atoms with Crippen LogP contribution in [0.3, 0.4) is 0 Å². The van der Waals surface area contributed by atoms with Crippen molar-refractivity contribution in [2.75, 3.05) is 0 Å². The molecule has 2 nitrogen and oxygen atoms in total. The summed E-state index contributed by atoms with van der Waals surface area (Å²) in [6.07, 6.45) is 0.958. The summed E-state index contributed by atoms with van der Waals surface area (Å²) in [6, 6.07) is 0. The molecule has 0 radical (unpaired) electrons. The van der Waals surface area contributed by atoms with Crippen molar-refractivity contribution in [3.63, 3.8) is 0 Å². The van der Waals surface area contributed by atoms with Crippen LogP contribution in [-0.4, -0.2) is 0 Å². The minimum absolute atomic E-state index is 0.958. The predicted octanol–water partition coefficient (Wildman–Crippen LogP) is 1.05. The third-order valence-electron chi connectivity index (χ3n) is 0.144. The molecule has 0 saturated carbocycles. The predicted molar refractivity (Wildman–Crippen MR) is 19.5 cm³/mol. The lowest BCUT2D eigenvalue weighted by atomic mass is 10.9. The zero-order chi connectivity index (χ0) is 4.12. The Kier molecular flexibility index (Phi) is 2.57. The standard InChI is InChI=1S/C3H3NO/c1-2-3-4-5/h3H,1H2. The van der Waals surface area contributed by atoms with E-state index >= 15 is 0 Å². The molecule has 0 aliphatic rings. The smallest absolute Gasteiger partial charge is 0.113 e. The highest BCUT2D eigenvalue weighted by atomic mass is 16.2. The molecule has 0 bridgehead atoms. The van der Waals surface area contributed by atoms with Crippen molar-refractivity contribution in [2.45, 2.75) is 0 Å². The molecule has 0 atom stereocenters. The summed E-state index contributed by atoms with van der Waals surface area (Å²) in [5.74, 6) is 0. The monoisotopic (exact) mass is 69.0 g/mol. The van der Waals surface area contributed by atoms with Crippen molar-refractivity contribution in [3.8, 4) is 0 Å². The highest BCUT2D eigenvalue weighted by Crippen LogP contribution is 1.57. The summed E-state index contributed by atoms with van der Waals surface area (Å²) < 4.78 is 0. The average molecular weight is 69.1 g/mol. The van der Waals surface area contributed by atoms with Crippen molar-refractivity contribution in [2.24, 2.45) is 5.18 Å². The molecule has 0 fully saturated rings. The molecule has 0 amide bonds. The molecule has 26 valence electrons. The molecule has 0 aromatic heterocycles. The summed E-state index contributed by atoms with van der Waals surface area (Å²) in [7, 11) is 0. The van der Waals surface area contributed by atoms with Crippen LogP contribution in [0.25, 0.3) is 0 Å². The normalized spacial score (nSPS) is 4.80. The Hall–Kier alpha value is -0.880. The van der Waals surface area contributed by atoms with E-state index in [1.165, 1.54) is 0 Å². The Morgan fingerprint density at radius 1 is 2.00 bits per heavy atom. The van der Waals surface area contributed by atoms with E-state index in [4.69, 9.17) is 4.91 Å². The summed E-state index contributed by atoms with van der Waals surface area (Å²) in [4.78, 5) is 9.00. The fraction of sp³-hybridized carbons (Fsp3) is 0.